The van der Waals surface area contributed by atoms with E-state index in [0.717, 1.165) is 6.07 Å². The lowest BCUT2D eigenvalue weighted by atomic mass is 10.1. The van der Waals surface area contributed by atoms with Crippen LogP contribution < -0.4 is 14.8 Å². The number of nitrogens with one attached hydrogen (secondary N) is 1. The number of benzene rings is 2. The van der Waals surface area contributed by atoms with Gasteiger partial charge in [0, 0.05) is 18.2 Å². The Labute approximate surface area is 131 Å². The van der Waals surface area contributed by atoms with Crippen LogP contribution in [0.15, 0.2) is 36.4 Å². The Hall–Kier alpha value is -3.29. The van der Waals surface area contributed by atoms with Crippen molar-refractivity contribution in [2.24, 2.45) is 0 Å². The zero-order chi connectivity index (χ0) is 17.0. The number of carboxylic acids is 1. The lowest BCUT2D eigenvalue weighted by molar-refractivity contribution is -0.384. The number of rotatable bonds is 6. The Morgan fingerprint density at radius 1 is 1.13 bits per heavy atom. The fourth-order valence-corrected chi connectivity index (χ4v) is 1.98. The average Bonchev–Trinajstić information content (AvgIpc) is 2.55. The standard InChI is InChI=1S/C15H14N2O6/c1-22-10-4-6-13(14(8-10)23-2)16-12-5-3-9(17(20)21)7-11(12)15(18)19/h3-8,16H,1-2H3,(H,18,19). The summed E-state index contributed by atoms with van der Waals surface area (Å²) in [5.74, 6) is -0.253. The SMILES string of the molecule is COc1ccc(Nc2ccc([N+](=O)[O-])cc2C(=O)O)c(OC)c1. The number of nitrogens with zero attached hydrogens (tertiary/aromatic N) is 1. The van der Waals surface area contributed by atoms with E-state index in [2.05, 4.69) is 5.32 Å². The highest BCUT2D eigenvalue weighted by Crippen LogP contribution is 2.33. The maximum Gasteiger partial charge on any atom is 0.338 e. The molecule has 0 aliphatic carbocycles. The fraction of sp³-hybridized carbons (Fsp3) is 0.133. The minimum absolute atomic E-state index is 0.211. The summed E-state index contributed by atoms with van der Waals surface area (Å²) in [7, 11) is 2.98. The summed E-state index contributed by atoms with van der Waals surface area (Å²) in [5.41, 5.74) is 0.211. The molecule has 0 heterocycles. The molecule has 0 radical (unpaired) electrons. The van der Waals surface area contributed by atoms with Crippen molar-refractivity contribution in [2.45, 2.75) is 0 Å². The van der Waals surface area contributed by atoms with E-state index in [1.54, 1.807) is 18.2 Å². The van der Waals surface area contributed by atoms with Crippen LogP contribution in [0.2, 0.25) is 0 Å². The number of methoxy groups -OCH3 is 2. The van der Waals surface area contributed by atoms with E-state index in [-0.39, 0.29) is 16.9 Å². The molecule has 0 spiro atoms. The van der Waals surface area contributed by atoms with Gasteiger partial charge in [0.25, 0.3) is 5.69 Å². The van der Waals surface area contributed by atoms with Crippen molar-refractivity contribution in [1.82, 2.24) is 0 Å². The average molecular weight is 318 g/mol. The van der Waals surface area contributed by atoms with Crippen LogP contribution in [0.5, 0.6) is 11.5 Å². The second-order valence-corrected chi connectivity index (χ2v) is 4.48. The summed E-state index contributed by atoms with van der Waals surface area (Å²) >= 11 is 0. The Morgan fingerprint density at radius 3 is 2.39 bits per heavy atom. The molecule has 2 N–H and O–H groups in total. The van der Waals surface area contributed by atoms with Crippen LogP contribution in [0, 0.1) is 10.1 Å². The molecule has 0 saturated heterocycles. The molecule has 0 aliphatic heterocycles. The van der Waals surface area contributed by atoms with Crippen LogP contribution in [0.1, 0.15) is 10.4 Å². The van der Waals surface area contributed by atoms with Crippen LogP contribution in [0.4, 0.5) is 17.1 Å². The topological polar surface area (TPSA) is 111 Å². The van der Waals surface area contributed by atoms with Crippen LogP contribution in [-0.2, 0) is 0 Å². The van der Waals surface area contributed by atoms with E-state index in [1.807, 2.05) is 0 Å². The first-order valence-electron chi connectivity index (χ1n) is 6.47. The second-order valence-electron chi connectivity index (χ2n) is 4.48. The van der Waals surface area contributed by atoms with Crippen molar-refractivity contribution in [2.75, 3.05) is 19.5 Å². The number of nitro benzene ring substituents is 1. The molecule has 0 unspecified atom stereocenters. The van der Waals surface area contributed by atoms with Gasteiger partial charge in [-0.15, -0.1) is 0 Å². The van der Waals surface area contributed by atoms with Crippen LogP contribution >= 0.6 is 0 Å². The number of hydrogen-bond acceptors (Lipinski definition) is 6. The number of carbonyl (C=O) groups is 1. The van der Waals surface area contributed by atoms with Crippen LogP contribution in [-0.4, -0.2) is 30.2 Å². The summed E-state index contributed by atoms with van der Waals surface area (Å²) in [6.07, 6.45) is 0. The van der Waals surface area contributed by atoms with E-state index in [1.165, 1.54) is 26.4 Å². The van der Waals surface area contributed by atoms with Crippen molar-refractivity contribution >= 4 is 23.0 Å². The van der Waals surface area contributed by atoms with Gasteiger partial charge in [-0.2, -0.15) is 0 Å². The number of ether oxygens (including phenoxy) is 2. The van der Waals surface area contributed by atoms with Gasteiger partial charge in [-0.05, 0) is 18.2 Å². The van der Waals surface area contributed by atoms with E-state index in [9.17, 15) is 20.0 Å². The van der Waals surface area contributed by atoms with Gasteiger partial charge in [0.1, 0.15) is 11.5 Å². The minimum atomic E-state index is -1.27. The lowest BCUT2D eigenvalue weighted by Gasteiger charge is -2.14. The van der Waals surface area contributed by atoms with Crippen molar-refractivity contribution in [3.63, 3.8) is 0 Å². The number of aromatic carboxylic acids is 1. The summed E-state index contributed by atoms with van der Waals surface area (Å²) in [6, 6.07) is 8.53. The molecular weight excluding hydrogens is 304 g/mol. The molecule has 0 saturated carbocycles. The molecule has 120 valence electrons. The van der Waals surface area contributed by atoms with Gasteiger partial charge in [0.2, 0.25) is 0 Å². The molecule has 2 aromatic rings. The zero-order valence-electron chi connectivity index (χ0n) is 12.4. The van der Waals surface area contributed by atoms with Crippen LogP contribution in [0.25, 0.3) is 0 Å². The molecular formula is C15H14N2O6. The largest absolute Gasteiger partial charge is 0.497 e. The Morgan fingerprint density at radius 2 is 1.83 bits per heavy atom. The molecule has 0 atom stereocenters. The molecule has 0 bridgehead atoms. The quantitative estimate of drug-likeness (QED) is 0.622. The number of nitro groups is 1. The van der Waals surface area contributed by atoms with Gasteiger partial charge in [0.15, 0.2) is 0 Å². The Balaban J connectivity index is 2.44. The van der Waals surface area contributed by atoms with Gasteiger partial charge in [-0.25, -0.2) is 4.79 Å². The van der Waals surface area contributed by atoms with Gasteiger partial charge >= 0.3 is 5.97 Å². The molecule has 23 heavy (non-hydrogen) atoms. The molecule has 2 aromatic carbocycles. The first-order chi connectivity index (χ1) is 11.0. The van der Waals surface area contributed by atoms with Gasteiger partial charge < -0.3 is 19.9 Å². The van der Waals surface area contributed by atoms with Gasteiger partial charge in [-0.1, -0.05) is 0 Å². The predicted octanol–water partition coefficient (Wildman–Crippen LogP) is 3.05. The highest BCUT2D eigenvalue weighted by Gasteiger charge is 2.17. The molecule has 0 fully saturated rings. The van der Waals surface area contributed by atoms with E-state index < -0.39 is 10.9 Å². The molecule has 2 rings (SSSR count). The van der Waals surface area contributed by atoms with Gasteiger partial charge in [0.05, 0.1) is 36.1 Å². The summed E-state index contributed by atoms with van der Waals surface area (Å²) < 4.78 is 10.3. The number of non-ortho nitro benzene ring substituents is 1. The highest BCUT2D eigenvalue weighted by atomic mass is 16.6. The minimum Gasteiger partial charge on any atom is -0.497 e. The molecule has 0 amide bonds. The van der Waals surface area contributed by atoms with Crippen molar-refractivity contribution in [3.05, 3.63) is 52.1 Å². The van der Waals surface area contributed by atoms with Crippen molar-refractivity contribution < 1.29 is 24.3 Å². The first kappa shape index (κ1) is 16.1. The third kappa shape index (κ3) is 3.49. The summed E-state index contributed by atoms with van der Waals surface area (Å²) in [4.78, 5) is 21.5. The molecule has 0 aromatic heterocycles. The molecule has 0 aliphatic rings. The van der Waals surface area contributed by atoms with E-state index >= 15 is 0 Å². The van der Waals surface area contributed by atoms with Gasteiger partial charge in [-0.3, -0.25) is 10.1 Å². The fourth-order valence-electron chi connectivity index (χ4n) is 1.98. The third-order valence-electron chi connectivity index (χ3n) is 3.12. The summed E-state index contributed by atoms with van der Waals surface area (Å²) in [5, 5.41) is 22.9. The van der Waals surface area contributed by atoms with Crippen LogP contribution in [0.3, 0.4) is 0 Å². The van der Waals surface area contributed by atoms with Crippen molar-refractivity contribution in [1.29, 1.82) is 0 Å². The molecule has 8 heteroatoms. The maximum atomic E-state index is 11.3. The lowest BCUT2D eigenvalue weighted by Crippen LogP contribution is -2.04. The highest BCUT2D eigenvalue weighted by molar-refractivity contribution is 5.96. The van der Waals surface area contributed by atoms with E-state index in [0.29, 0.717) is 17.2 Å². The molecule has 8 nitrogen and oxygen atoms in total. The number of hydrogen-bond donors (Lipinski definition) is 2. The monoisotopic (exact) mass is 318 g/mol. The second kappa shape index (κ2) is 6.65. The first-order valence-corrected chi connectivity index (χ1v) is 6.47. The zero-order valence-corrected chi connectivity index (χ0v) is 12.4. The normalized spacial score (nSPS) is 10.0. The van der Waals surface area contributed by atoms with Crippen molar-refractivity contribution in [3.8, 4) is 11.5 Å². The third-order valence-corrected chi connectivity index (χ3v) is 3.12. The maximum absolute atomic E-state index is 11.3. The predicted molar refractivity (Wildman–Crippen MR) is 82.9 cm³/mol. The summed E-state index contributed by atoms with van der Waals surface area (Å²) in [6.45, 7) is 0. The smallest absolute Gasteiger partial charge is 0.338 e. The Kier molecular flexibility index (Phi) is 4.65. The van der Waals surface area contributed by atoms with E-state index in [4.69, 9.17) is 9.47 Å². The number of carboxylic acid groups (broad SMARTS) is 1. The Bertz CT molecular complexity index is 760. The number of anilines is 2.